The molecule has 1 rings (SSSR count). The summed E-state index contributed by atoms with van der Waals surface area (Å²) < 4.78 is 10.4. The Morgan fingerprint density at radius 2 is 1.94 bits per heavy atom. The number of alkyl halides is 1. The molecule has 0 aromatic carbocycles. The van der Waals surface area contributed by atoms with Gasteiger partial charge in [0.1, 0.15) is 0 Å². The Morgan fingerprint density at radius 3 is 2.56 bits per heavy atom. The van der Waals surface area contributed by atoms with E-state index in [9.17, 15) is 0 Å². The van der Waals surface area contributed by atoms with Crippen molar-refractivity contribution in [3.8, 4) is 0 Å². The molecular weight excluding hydrogens is 226 g/mol. The second kappa shape index (κ2) is 8.29. The van der Waals surface area contributed by atoms with Crippen LogP contribution in [0.15, 0.2) is 0 Å². The fourth-order valence-electron chi connectivity index (χ4n) is 2.21. The van der Waals surface area contributed by atoms with E-state index in [4.69, 9.17) is 21.1 Å². The first-order valence-electron chi connectivity index (χ1n) is 6.21. The van der Waals surface area contributed by atoms with Crippen LogP contribution in [0.5, 0.6) is 0 Å². The zero-order valence-corrected chi connectivity index (χ0v) is 11.0. The molecule has 1 fully saturated rings. The van der Waals surface area contributed by atoms with Gasteiger partial charge in [-0.15, -0.1) is 11.6 Å². The number of hydrogen-bond donors (Lipinski definition) is 1. The van der Waals surface area contributed by atoms with E-state index < -0.39 is 0 Å². The van der Waals surface area contributed by atoms with Gasteiger partial charge in [0.05, 0.1) is 6.61 Å². The topological polar surface area (TPSA) is 30.5 Å². The molecule has 96 valence electrons. The van der Waals surface area contributed by atoms with E-state index in [-0.39, 0.29) is 5.54 Å². The van der Waals surface area contributed by atoms with Crippen LogP contribution in [0.2, 0.25) is 0 Å². The molecule has 0 radical (unpaired) electrons. The summed E-state index contributed by atoms with van der Waals surface area (Å²) in [5.41, 5.74) is 0.192. The van der Waals surface area contributed by atoms with Crippen LogP contribution in [-0.2, 0) is 9.47 Å². The zero-order valence-electron chi connectivity index (χ0n) is 10.3. The molecule has 1 aliphatic rings. The lowest BCUT2D eigenvalue weighted by Gasteiger charge is -2.27. The first kappa shape index (κ1) is 14.2. The molecule has 0 spiro atoms. The molecule has 0 atom stereocenters. The van der Waals surface area contributed by atoms with E-state index in [2.05, 4.69) is 5.32 Å². The molecule has 1 N–H and O–H groups in total. The number of nitrogens with one attached hydrogen (secondary N) is 1. The number of ether oxygens (including phenoxy) is 2. The summed E-state index contributed by atoms with van der Waals surface area (Å²) in [7, 11) is 1.71. The second-order valence-electron chi connectivity index (χ2n) is 4.51. The Kier molecular flexibility index (Phi) is 7.37. The minimum absolute atomic E-state index is 0.192. The number of rotatable bonds is 9. The monoisotopic (exact) mass is 249 g/mol. The summed E-state index contributed by atoms with van der Waals surface area (Å²) in [6.07, 6.45) is 5.99. The van der Waals surface area contributed by atoms with Crippen LogP contribution in [0.3, 0.4) is 0 Å². The lowest BCUT2D eigenvalue weighted by molar-refractivity contribution is 0.100. The zero-order chi connectivity index (χ0) is 11.7. The highest BCUT2D eigenvalue weighted by atomic mass is 35.5. The highest BCUT2D eigenvalue weighted by Crippen LogP contribution is 2.30. The van der Waals surface area contributed by atoms with E-state index in [0.717, 1.165) is 38.7 Å². The molecule has 0 unspecified atom stereocenters. The molecule has 1 aliphatic carbocycles. The molecule has 3 nitrogen and oxygen atoms in total. The van der Waals surface area contributed by atoms with Gasteiger partial charge in [-0.3, -0.25) is 0 Å². The summed E-state index contributed by atoms with van der Waals surface area (Å²) in [5.74, 6) is 0.719. The molecular formula is C12H24ClNO2. The first-order valence-corrected chi connectivity index (χ1v) is 6.74. The molecule has 4 heteroatoms. The van der Waals surface area contributed by atoms with Crippen molar-refractivity contribution >= 4 is 11.6 Å². The van der Waals surface area contributed by atoms with Crippen molar-refractivity contribution in [1.29, 1.82) is 0 Å². The number of halogens is 1. The van der Waals surface area contributed by atoms with Crippen LogP contribution in [0.1, 0.15) is 32.1 Å². The number of hydrogen-bond acceptors (Lipinski definition) is 3. The third-order valence-electron chi connectivity index (χ3n) is 3.20. The SMILES string of the molecule is COCCCOCCNC1(CCl)CCCC1. The Hall–Kier alpha value is 0.170. The lowest BCUT2D eigenvalue weighted by atomic mass is 10.0. The Bertz CT molecular complexity index is 172. The summed E-state index contributed by atoms with van der Waals surface area (Å²) in [4.78, 5) is 0. The average molecular weight is 250 g/mol. The van der Waals surface area contributed by atoms with Gasteiger partial charge in [-0.25, -0.2) is 0 Å². The Balaban J connectivity index is 1.97. The summed E-state index contributed by atoms with van der Waals surface area (Å²) in [5, 5.41) is 3.55. The van der Waals surface area contributed by atoms with Crippen molar-refractivity contribution in [2.24, 2.45) is 0 Å². The average Bonchev–Trinajstić information content (AvgIpc) is 2.77. The normalized spacial score (nSPS) is 19.1. The molecule has 0 aromatic rings. The Labute approximate surface area is 104 Å². The van der Waals surface area contributed by atoms with Gasteiger partial charge in [-0.2, -0.15) is 0 Å². The van der Waals surface area contributed by atoms with Gasteiger partial charge < -0.3 is 14.8 Å². The highest BCUT2D eigenvalue weighted by Gasteiger charge is 2.31. The van der Waals surface area contributed by atoms with Crippen molar-refractivity contribution in [2.75, 3.05) is 39.4 Å². The molecule has 16 heavy (non-hydrogen) atoms. The van der Waals surface area contributed by atoms with Crippen LogP contribution in [0, 0.1) is 0 Å². The second-order valence-corrected chi connectivity index (χ2v) is 4.77. The minimum Gasteiger partial charge on any atom is -0.385 e. The van der Waals surface area contributed by atoms with Gasteiger partial charge in [0.2, 0.25) is 0 Å². The van der Waals surface area contributed by atoms with Gasteiger partial charge in [-0.1, -0.05) is 12.8 Å². The van der Waals surface area contributed by atoms with Crippen molar-refractivity contribution in [3.63, 3.8) is 0 Å². The molecule has 0 heterocycles. The molecule has 0 saturated heterocycles. The van der Waals surface area contributed by atoms with Gasteiger partial charge >= 0.3 is 0 Å². The molecule has 1 saturated carbocycles. The van der Waals surface area contributed by atoms with E-state index in [0.29, 0.717) is 0 Å². The molecule has 0 aromatic heterocycles. The lowest BCUT2D eigenvalue weighted by Crippen LogP contribution is -2.45. The van der Waals surface area contributed by atoms with E-state index >= 15 is 0 Å². The maximum atomic E-state index is 6.03. The van der Waals surface area contributed by atoms with Crippen LogP contribution in [0.4, 0.5) is 0 Å². The van der Waals surface area contributed by atoms with Crippen molar-refractivity contribution in [2.45, 2.75) is 37.6 Å². The number of methoxy groups -OCH3 is 1. The predicted molar refractivity (Wildman–Crippen MR) is 67.2 cm³/mol. The summed E-state index contributed by atoms with van der Waals surface area (Å²) in [6, 6.07) is 0. The molecule has 0 amide bonds. The van der Waals surface area contributed by atoms with Crippen LogP contribution < -0.4 is 5.32 Å². The third kappa shape index (κ3) is 5.00. The molecule has 0 bridgehead atoms. The predicted octanol–water partition coefficient (Wildman–Crippen LogP) is 2.18. The fraction of sp³-hybridized carbons (Fsp3) is 1.00. The maximum absolute atomic E-state index is 6.03. The van der Waals surface area contributed by atoms with E-state index in [1.165, 1.54) is 25.7 Å². The third-order valence-corrected chi connectivity index (χ3v) is 3.71. The van der Waals surface area contributed by atoms with Crippen LogP contribution >= 0.6 is 11.6 Å². The van der Waals surface area contributed by atoms with Crippen LogP contribution in [-0.4, -0.2) is 44.9 Å². The summed E-state index contributed by atoms with van der Waals surface area (Å²) in [6.45, 7) is 3.23. The van der Waals surface area contributed by atoms with Gasteiger partial charge in [0, 0.05) is 38.3 Å². The first-order chi connectivity index (χ1) is 7.83. The van der Waals surface area contributed by atoms with Crippen molar-refractivity contribution in [1.82, 2.24) is 5.32 Å². The van der Waals surface area contributed by atoms with E-state index in [1.54, 1.807) is 7.11 Å². The minimum atomic E-state index is 0.192. The maximum Gasteiger partial charge on any atom is 0.0591 e. The van der Waals surface area contributed by atoms with Crippen molar-refractivity contribution in [3.05, 3.63) is 0 Å². The summed E-state index contributed by atoms with van der Waals surface area (Å²) >= 11 is 6.03. The van der Waals surface area contributed by atoms with Gasteiger partial charge in [-0.05, 0) is 19.3 Å². The van der Waals surface area contributed by atoms with Gasteiger partial charge in [0.15, 0.2) is 0 Å². The van der Waals surface area contributed by atoms with Crippen LogP contribution in [0.25, 0.3) is 0 Å². The fourth-order valence-corrected chi connectivity index (χ4v) is 2.57. The standard InChI is InChI=1S/C12H24ClNO2/c1-15-8-4-9-16-10-7-14-12(11-13)5-2-3-6-12/h14H,2-11H2,1H3. The molecule has 0 aliphatic heterocycles. The van der Waals surface area contributed by atoms with Crippen molar-refractivity contribution < 1.29 is 9.47 Å². The smallest absolute Gasteiger partial charge is 0.0591 e. The van der Waals surface area contributed by atoms with E-state index in [1.807, 2.05) is 0 Å². The van der Waals surface area contributed by atoms with Gasteiger partial charge in [0.25, 0.3) is 0 Å². The Morgan fingerprint density at radius 1 is 1.19 bits per heavy atom. The largest absolute Gasteiger partial charge is 0.385 e. The highest BCUT2D eigenvalue weighted by molar-refractivity contribution is 6.18. The quantitative estimate of drug-likeness (QED) is 0.502.